The standard InChI is InChI=1S/C34H43FN6O4S/c1-38-20-29(19-36)46(43,44)28-13-11-27(12-14-28)41-23-33(35,24-41)22-40-17-15-26(16-18-40)34(21-37,25-7-4-3-5-8-25)30-9-6-10-31(30)45-32(42)39-2/h3-5,7-8,11-14,19-20,26,30-31,36,38H,6,9-10,15-18,22-24H2,1-2H3,(H,39,42)/b29-20+,36-19?/t30-,31-,34?/m0/s1. The van der Waals surface area contributed by atoms with E-state index >= 15 is 4.39 Å². The van der Waals surface area contributed by atoms with Crippen molar-refractivity contribution in [2.45, 2.75) is 54.2 Å². The average molecular weight is 651 g/mol. The second-order valence-electron chi connectivity index (χ2n) is 12.6. The molecule has 5 rings (SSSR count). The van der Waals surface area contributed by atoms with Gasteiger partial charge in [0.2, 0.25) is 9.84 Å². The quantitative estimate of drug-likeness (QED) is 0.305. The predicted octanol–water partition coefficient (Wildman–Crippen LogP) is 4.40. The molecule has 1 unspecified atom stereocenters. The Labute approximate surface area is 271 Å². The number of carbonyl (C=O) groups is 1. The maximum atomic E-state index is 15.9. The van der Waals surface area contributed by atoms with Gasteiger partial charge in [-0.3, -0.25) is 4.90 Å². The largest absolute Gasteiger partial charge is 0.446 e. The number of halogens is 1. The molecule has 2 aromatic rings. The fraction of sp³-hybridized carbons (Fsp3) is 0.500. The first kappa shape index (κ1) is 33.4. The first-order valence-corrected chi connectivity index (χ1v) is 17.3. The maximum Gasteiger partial charge on any atom is 0.407 e. The number of amides is 1. The van der Waals surface area contributed by atoms with Gasteiger partial charge in [-0.1, -0.05) is 30.3 Å². The summed E-state index contributed by atoms with van der Waals surface area (Å²) < 4.78 is 47.3. The molecular formula is C34H43FN6O4S. The number of ether oxygens (including phenoxy) is 1. The average Bonchev–Trinajstić information content (AvgIpc) is 3.52. The minimum absolute atomic E-state index is 0.0365. The Balaban J connectivity index is 1.23. The topological polar surface area (TPSA) is 139 Å². The zero-order valence-electron chi connectivity index (χ0n) is 26.4. The molecule has 0 aromatic heterocycles. The van der Waals surface area contributed by atoms with Gasteiger partial charge in [-0.05, 0) is 80.9 Å². The number of anilines is 1. The molecular weight excluding hydrogens is 607 g/mol. The van der Waals surface area contributed by atoms with Gasteiger partial charge in [-0.2, -0.15) is 5.26 Å². The summed E-state index contributed by atoms with van der Waals surface area (Å²) >= 11 is 0. The molecule has 1 saturated carbocycles. The van der Waals surface area contributed by atoms with E-state index in [0.717, 1.165) is 49.6 Å². The van der Waals surface area contributed by atoms with Crippen LogP contribution >= 0.6 is 0 Å². The molecule has 0 radical (unpaired) electrons. The Kier molecular flexibility index (Phi) is 10.0. The Morgan fingerprint density at radius 1 is 1.11 bits per heavy atom. The third-order valence-electron chi connectivity index (χ3n) is 9.87. The normalized spacial score (nSPS) is 23.4. The summed E-state index contributed by atoms with van der Waals surface area (Å²) in [5.41, 5.74) is -0.516. The van der Waals surface area contributed by atoms with Crippen LogP contribution in [0.25, 0.3) is 0 Å². The lowest BCUT2D eigenvalue weighted by Gasteiger charge is -2.50. The van der Waals surface area contributed by atoms with Crippen molar-refractivity contribution >= 4 is 27.8 Å². The molecule has 3 aliphatic rings. The summed E-state index contributed by atoms with van der Waals surface area (Å²) in [6, 6.07) is 18.9. The number of piperidine rings is 1. The molecule has 10 nitrogen and oxygen atoms in total. The highest BCUT2D eigenvalue weighted by molar-refractivity contribution is 7.96. The van der Waals surface area contributed by atoms with E-state index in [-0.39, 0.29) is 47.4 Å². The second kappa shape index (κ2) is 13.8. The van der Waals surface area contributed by atoms with Crippen LogP contribution in [0.2, 0.25) is 0 Å². The van der Waals surface area contributed by atoms with E-state index in [1.807, 2.05) is 35.2 Å². The number of sulfone groups is 1. The van der Waals surface area contributed by atoms with Crippen molar-refractivity contribution in [3.8, 4) is 6.07 Å². The van der Waals surface area contributed by atoms with Crippen LogP contribution in [0.3, 0.4) is 0 Å². The molecule has 2 aromatic carbocycles. The predicted molar refractivity (Wildman–Crippen MR) is 175 cm³/mol. The van der Waals surface area contributed by atoms with Gasteiger partial charge in [-0.15, -0.1) is 0 Å². The third-order valence-corrected chi connectivity index (χ3v) is 11.6. The number of carbonyl (C=O) groups excluding carboxylic acids is 1. The molecule has 1 amide bonds. The lowest BCUT2D eigenvalue weighted by molar-refractivity contribution is 0.0165. The molecule has 46 heavy (non-hydrogen) atoms. The molecule has 246 valence electrons. The molecule has 2 saturated heterocycles. The van der Waals surface area contributed by atoms with Crippen molar-refractivity contribution in [3.63, 3.8) is 0 Å². The molecule has 3 atom stereocenters. The smallest absolute Gasteiger partial charge is 0.407 e. The van der Waals surface area contributed by atoms with E-state index < -0.39 is 27.0 Å². The Hall–Kier alpha value is -3.95. The molecule has 2 heterocycles. The van der Waals surface area contributed by atoms with Gasteiger partial charge in [0.15, 0.2) is 5.67 Å². The van der Waals surface area contributed by atoms with Gasteiger partial charge in [0.05, 0.1) is 29.5 Å². The molecule has 0 bridgehead atoms. The van der Waals surface area contributed by atoms with Crippen LogP contribution in [0.1, 0.15) is 37.7 Å². The summed E-state index contributed by atoms with van der Waals surface area (Å²) in [5.74, 6) is -0.0896. The van der Waals surface area contributed by atoms with E-state index in [1.54, 1.807) is 26.2 Å². The number of nitriles is 1. The van der Waals surface area contributed by atoms with Crippen LogP contribution in [0, 0.1) is 28.6 Å². The van der Waals surface area contributed by atoms with Crippen LogP contribution in [0.4, 0.5) is 14.9 Å². The highest BCUT2D eigenvalue weighted by Gasteiger charge is 2.54. The SMILES string of the molecule is CN/C=C(\C=N)S(=O)(=O)c1ccc(N2CC(F)(CN3CCC(C(C#N)(c4ccccc4)[C@H]4CCC[C@@H]4OC(=O)NC)CC3)C2)cc1. The zero-order chi connectivity index (χ0) is 33.0. The van der Waals surface area contributed by atoms with E-state index in [2.05, 4.69) is 21.6 Å². The number of benzene rings is 2. The van der Waals surface area contributed by atoms with Crippen LogP contribution in [0.5, 0.6) is 0 Å². The highest BCUT2D eigenvalue weighted by atomic mass is 32.2. The van der Waals surface area contributed by atoms with Gasteiger partial charge in [0, 0.05) is 44.7 Å². The number of likely N-dealkylation sites (tertiary alicyclic amines) is 1. The molecule has 1 aliphatic carbocycles. The number of rotatable bonds is 11. The molecule has 2 aliphatic heterocycles. The van der Waals surface area contributed by atoms with Gasteiger partial charge in [0.25, 0.3) is 0 Å². The number of hydrogen-bond donors (Lipinski definition) is 3. The van der Waals surface area contributed by atoms with Crippen LogP contribution < -0.4 is 15.5 Å². The van der Waals surface area contributed by atoms with E-state index in [9.17, 15) is 18.5 Å². The van der Waals surface area contributed by atoms with Gasteiger partial charge in [0.1, 0.15) is 11.0 Å². The Morgan fingerprint density at radius 3 is 2.37 bits per heavy atom. The number of nitrogens with zero attached hydrogens (tertiary/aromatic N) is 3. The minimum atomic E-state index is -3.83. The van der Waals surface area contributed by atoms with Crippen LogP contribution in [0.15, 0.2) is 70.6 Å². The number of alkyl halides is 1. The fourth-order valence-corrected chi connectivity index (χ4v) is 8.86. The summed E-state index contributed by atoms with van der Waals surface area (Å²) in [7, 11) is -0.716. The molecule has 3 fully saturated rings. The molecule has 0 spiro atoms. The number of alkyl carbamates (subject to hydrolysis) is 1. The van der Waals surface area contributed by atoms with Crippen molar-refractivity contribution in [3.05, 3.63) is 71.3 Å². The summed E-state index contributed by atoms with van der Waals surface area (Å²) in [6.45, 7) is 2.04. The van der Waals surface area contributed by atoms with Crippen molar-refractivity contribution < 1.29 is 22.3 Å². The third kappa shape index (κ3) is 6.48. The van der Waals surface area contributed by atoms with Gasteiger partial charge >= 0.3 is 6.09 Å². The molecule has 12 heteroatoms. The van der Waals surface area contributed by atoms with E-state index in [1.165, 1.54) is 18.3 Å². The van der Waals surface area contributed by atoms with Crippen molar-refractivity contribution in [1.82, 2.24) is 15.5 Å². The highest BCUT2D eigenvalue weighted by Crippen LogP contribution is 2.51. The fourth-order valence-electron chi connectivity index (χ4n) is 7.67. The Morgan fingerprint density at radius 2 is 1.78 bits per heavy atom. The summed E-state index contributed by atoms with van der Waals surface area (Å²) in [4.78, 5) is 16.2. The van der Waals surface area contributed by atoms with Crippen molar-refractivity contribution in [2.24, 2.45) is 11.8 Å². The molecule has 3 N–H and O–H groups in total. The monoisotopic (exact) mass is 650 g/mol. The van der Waals surface area contributed by atoms with Crippen LogP contribution in [-0.4, -0.2) is 84.2 Å². The van der Waals surface area contributed by atoms with Crippen molar-refractivity contribution in [1.29, 1.82) is 10.7 Å². The van der Waals surface area contributed by atoms with E-state index in [4.69, 9.17) is 10.1 Å². The summed E-state index contributed by atoms with van der Waals surface area (Å²) in [5, 5.41) is 23.5. The summed E-state index contributed by atoms with van der Waals surface area (Å²) in [6.07, 6.45) is 5.13. The lowest BCUT2D eigenvalue weighted by Crippen LogP contribution is -2.64. The van der Waals surface area contributed by atoms with Gasteiger partial charge < -0.3 is 25.7 Å². The maximum absolute atomic E-state index is 15.9. The number of hydrogen-bond acceptors (Lipinski definition) is 9. The zero-order valence-corrected chi connectivity index (χ0v) is 27.2. The first-order chi connectivity index (χ1) is 22.1. The van der Waals surface area contributed by atoms with Gasteiger partial charge in [-0.25, -0.2) is 17.6 Å². The first-order valence-electron chi connectivity index (χ1n) is 15.8. The lowest BCUT2D eigenvalue weighted by atomic mass is 9.59. The number of nitrogens with one attached hydrogen (secondary N) is 3. The Bertz CT molecular complexity index is 1560. The van der Waals surface area contributed by atoms with E-state index in [0.29, 0.717) is 13.1 Å². The van der Waals surface area contributed by atoms with Crippen LogP contribution in [-0.2, 0) is 20.0 Å². The number of allylic oxidation sites excluding steroid dienone is 1. The second-order valence-corrected chi connectivity index (χ2v) is 14.6. The minimum Gasteiger partial charge on any atom is -0.446 e. The van der Waals surface area contributed by atoms with Crippen molar-refractivity contribution in [2.75, 3.05) is 51.7 Å².